The number of nitrogens with zero attached hydrogens (tertiary/aromatic N) is 6. The number of oxazole rings is 1. The SMILES string of the molecule is Cc1cnc(C2CN(c3nc4c(cc3F)c(=O)c(C(=O)O)cn4-c3ncns3)C2)o1. The molecule has 0 aromatic carbocycles. The number of hydrogen-bond acceptors (Lipinski definition) is 9. The van der Waals surface area contributed by atoms with Crippen molar-refractivity contribution in [2.24, 2.45) is 0 Å². The topological polar surface area (TPSA) is 127 Å². The second-order valence-electron chi connectivity index (χ2n) is 6.85. The normalized spacial score (nSPS) is 14.3. The lowest BCUT2D eigenvalue weighted by atomic mass is 10.00. The number of fused-ring (bicyclic) bond motifs is 1. The molecule has 30 heavy (non-hydrogen) atoms. The van der Waals surface area contributed by atoms with E-state index in [-0.39, 0.29) is 22.8 Å². The third kappa shape index (κ3) is 2.84. The summed E-state index contributed by atoms with van der Waals surface area (Å²) in [6.07, 6.45) is 4.07. The van der Waals surface area contributed by atoms with Crippen molar-refractivity contribution in [3.63, 3.8) is 0 Å². The van der Waals surface area contributed by atoms with Crippen LogP contribution in [0.3, 0.4) is 0 Å². The first-order chi connectivity index (χ1) is 14.4. The average molecular weight is 428 g/mol. The predicted molar refractivity (Wildman–Crippen MR) is 104 cm³/mol. The van der Waals surface area contributed by atoms with Crippen LogP contribution in [0.25, 0.3) is 16.2 Å². The second-order valence-corrected chi connectivity index (χ2v) is 7.61. The molecule has 1 aliphatic heterocycles. The van der Waals surface area contributed by atoms with Gasteiger partial charge in [-0.15, -0.1) is 0 Å². The first-order valence-electron chi connectivity index (χ1n) is 8.86. The highest BCUT2D eigenvalue weighted by Gasteiger charge is 2.34. The van der Waals surface area contributed by atoms with E-state index < -0.39 is 22.8 Å². The number of carboxylic acids is 1. The molecular formula is C18H13FN6O4S. The van der Waals surface area contributed by atoms with Crippen molar-refractivity contribution in [1.29, 1.82) is 0 Å². The van der Waals surface area contributed by atoms with Gasteiger partial charge in [-0.25, -0.2) is 24.1 Å². The van der Waals surface area contributed by atoms with E-state index in [1.165, 1.54) is 10.9 Å². The first-order valence-corrected chi connectivity index (χ1v) is 9.63. The highest BCUT2D eigenvalue weighted by Crippen LogP contribution is 2.33. The van der Waals surface area contributed by atoms with Gasteiger partial charge < -0.3 is 14.4 Å². The Labute approximate surface area is 171 Å². The maximum Gasteiger partial charge on any atom is 0.341 e. The molecule has 10 nitrogen and oxygen atoms in total. The molecule has 5 rings (SSSR count). The van der Waals surface area contributed by atoms with Crippen LogP contribution in [-0.4, -0.2) is 48.1 Å². The zero-order chi connectivity index (χ0) is 21.0. The molecule has 1 aliphatic rings. The summed E-state index contributed by atoms with van der Waals surface area (Å²) in [4.78, 5) is 38.4. The van der Waals surface area contributed by atoms with Gasteiger partial charge >= 0.3 is 5.97 Å². The Morgan fingerprint density at radius 1 is 1.37 bits per heavy atom. The zero-order valence-corrected chi connectivity index (χ0v) is 16.3. The fraction of sp³-hybridized carbons (Fsp3) is 0.222. The van der Waals surface area contributed by atoms with Gasteiger partial charge in [-0.05, 0) is 13.0 Å². The fourth-order valence-electron chi connectivity index (χ4n) is 3.38. The maximum absolute atomic E-state index is 14.8. The molecular weight excluding hydrogens is 415 g/mol. The van der Waals surface area contributed by atoms with E-state index in [0.717, 1.165) is 23.8 Å². The Kier molecular flexibility index (Phi) is 4.10. The van der Waals surface area contributed by atoms with E-state index in [2.05, 4.69) is 19.3 Å². The molecule has 1 fully saturated rings. The number of carboxylic acid groups (broad SMARTS) is 1. The van der Waals surface area contributed by atoms with Gasteiger partial charge in [-0.3, -0.25) is 9.36 Å². The summed E-state index contributed by atoms with van der Waals surface area (Å²) in [6.45, 7) is 2.70. The van der Waals surface area contributed by atoms with Crippen LogP contribution in [0.2, 0.25) is 0 Å². The van der Waals surface area contributed by atoms with Gasteiger partial charge in [-0.1, -0.05) is 0 Å². The number of halogens is 1. The molecule has 152 valence electrons. The largest absolute Gasteiger partial charge is 0.477 e. The zero-order valence-electron chi connectivity index (χ0n) is 15.4. The summed E-state index contributed by atoms with van der Waals surface area (Å²) in [6, 6.07) is 1.02. The lowest BCUT2D eigenvalue weighted by Crippen LogP contribution is -2.46. The van der Waals surface area contributed by atoms with E-state index in [4.69, 9.17) is 4.42 Å². The minimum Gasteiger partial charge on any atom is -0.477 e. The van der Waals surface area contributed by atoms with Crippen LogP contribution >= 0.6 is 11.5 Å². The molecule has 0 amide bonds. The van der Waals surface area contributed by atoms with Crippen molar-refractivity contribution in [2.45, 2.75) is 12.8 Å². The molecule has 12 heteroatoms. The van der Waals surface area contributed by atoms with Crippen molar-refractivity contribution < 1.29 is 18.7 Å². The van der Waals surface area contributed by atoms with E-state index in [0.29, 0.717) is 29.9 Å². The van der Waals surface area contributed by atoms with Crippen LogP contribution in [0.1, 0.15) is 27.9 Å². The van der Waals surface area contributed by atoms with Crippen molar-refractivity contribution in [1.82, 2.24) is 23.9 Å². The number of aromatic carboxylic acids is 1. The minimum absolute atomic E-state index is 0.00957. The van der Waals surface area contributed by atoms with E-state index in [1.807, 2.05) is 0 Å². The number of rotatable bonds is 4. The Morgan fingerprint density at radius 3 is 2.80 bits per heavy atom. The first kappa shape index (κ1) is 18.4. The Hall–Kier alpha value is -3.67. The second kappa shape index (κ2) is 6.69. The molecule has 4 aromatic heterocycles. The molecule has 4 aromatic rings. The summed E-state index contributed by atoms with van der Waals surface area (Å²) >= 11 is 0.994. The average Bonchev–Trinajstić information content (AvgIpc) is 3.34. The number of anilines is 1. The maximum atomic E-state index is 14.8. The van der Waals surface area contributed by atoms with Crippen LogP contribution in [0.15, 0.2) is 34.0 Å². The van der Waals surface area contributed by atoms with Gasteiger partial charge in [0.1, 0.15) is 17.7 Å². The quantitative estimate of drug-likeness (QED) is 0.519. The lowest BCUT2D eigenvalue weighted by molar-refractivity contribution is 0.0695. The Balaban J connectivity index is 1.61. The van der Waals surface area contributed by atoms with Gasteiger partial charge in [0.2, 0.25) is 16.5 Å². The molecule has 0 spiro atoms. The predicted octanol–water partition coefficient (Wildman–Crippen LogP) is 1.97. The van der Waals surface area contributed by atoms with Gasteiger partial charge in [0, 0.05) is 30.8 Å². The van der Waals surface area contributed by atoms with Crippen LogP contribution < -0.4 is 10.3 Å². The fourth-order valence-corrected chi connectivity index (χ4v) is 3.89. The molecule has 0 bridgehead atoms. The van der Waals surface area contributed by atoms with Crippen molar-refractivity contribution >= 4 is 34.4 Å². The highest BCUT2D eigenvalue weighted by molar-refractivity contribution is 7.08. The van der Waals surface area contributed by atoms with E-state index in [9.17, 15) is 19.1 Å². The molecule has 5 heterocycles. The number of hydrogen-bond donors (Lipinski definition) is 1. The summed E-state index contributed by atoms with van der Waals surface area (Å²) in [7, 11) is 0. The van der Waals surface area contributed by atoms with Crippen molar-refractivity contribution in [3.05, 3.63) is 58.0 Å². The number of pyridine rings is 2. The van der Waals surface area contributed by atoms with Crippen molar-refractivity contribution in [2.75, 3.05) is 18.0 Å². The number of carbonyl (C=O) groups is 1. The summed E-state index contributed by atoms with van der Waals surface area (Å²) in [5, 5.41) is 9.53. The van der Waals surface area contributed by atoms with Gasteiger partial charge in [-0.2, -0.15) is 4.37 Å². The molecule has 1 saturated heterocycles. The standard InChI is InChI=1S/C18H13FN6O4S/c1-8-3-20-16(29-8)9-4-24(5-9)15-12(19)2-10-13(26)11(17(27)28)6-25(14(10)23-15)18-21-7-22-30-18/h2-3,6-7,9H,4-5H2,1H3,(H,27,28). The number of aryl methyl sites for hydroxylation is 1. The summed E-state index contributed by atoms with van der Waals surface area (Å²) in [5.41, 5.74) is -1.21. The van der Waals surface area contributed by atoms with Crippen LogP contribution in [-0.2, 0) is 0 Å². The van der Waals surface area contributed by atoms with E-state index in [1.54, 1.807) is 18.0 Å². The van der Waals surface area contributed by atoms with Gasteiger partial charge in [0.25, 0.3) is 0 Å². The monoisotopic (exact) mass is 428 g/mol. The minimum atomic E-state index is -1.42. The molecule has 0 atom stereocenters. The van der Waals surface area contributed by atoms with Gasteiger partial charge in [0.05, 0.1) is 17.5 Å². The summed E-state index contributed by atoms with van der Waals surface area (Å²) < 4.78 is 25.6. The lowest BCUT2D eigenvalue weighted by Gasteiger charge is -2.38. The Morgan fingerprint density at radius 2 is 2.17 bits per heavy atom. The highest BCUT2D eigenvalue weighted by atomic mass is 32.1. The third-order valence-corrected chi connectivity index (χ3v) is 5.53. The molecule has 0 radical (unpaired) electrons. The number of aromatic nitrogens is 5. The molecule has 0 saturated carbocycles. The van der Waals surface area contributed by atoms with Crippen LogP contribution in [0, 0.1) is 12.7 Å². The Bertz CT molecular complexity index is 1340. The van der Waals surface area contributed by atoms with Gasteiger partial charge in [0.15, 0.2) is 17.3 Å². The van der Waals surface area contributed by atoms with E-state index >= 15 is 0 Å². The van der Waals surface area contributed by atoms with Crippen LogP contribution in [0.4, 0.5) is 10.2 Å². The third-order valence-electron chi connectivity index (χ3n) is 4.87. The molecule has 0 unspecified atom stereocenters. The smallest absolute Gasteiger partial charge is 0.341 e. The molecule has 1 N–H and O–H groups in total. The van der Waals surface area contributed by atoms with Crippen LogP contribution in [0.5, 0.6) is 0 Å². The molecule has 0 aliphatic carbocycles. The summed E-state index contributed by atoms with van der Waals surface area (Å²) in [5.74, 6) is -0.779. The van der Waals surface area contributed by atoms with Crippen molar-refractivity contribution in [3.8, 4) is 5.13 Å².